The summed E-state index contributed by atoms with van der Waals surface area (Å²) in [5.41, 5.74) is 5.98. The van der Waals surface area contributed by atoms with E-state index >= 15 is 0 Å². The molecule has 3 aromatic rings. The van der Waals surface area contributed by atoms with E-state index in [2.05, 4.69) is 35.3 Å². The molecule has 0 spiro atoms. The first-order valence-corrected chi connectivity index (χ1v) is 10.9. The van der Waals surface area contributed by atoms with Gasteiger partial charge in [0.05, 0.1) is 11.7 Å². The smallest absolute Gasteiger partial charge is 0.258 e. The number of carbonyl (C=O) groups excluding carboxylic acids is 1. The predicted molar refractivity (Wildman–Crippen MR) is 119 cm³/mol. The number of aryl methyl sites for hydroxylation is 1. The summed E-state index contributed by atoms with van der Waals surface area (Å²) >= 11 is 0. The molecule has 2 heterocycles. The highest BCUT2D eigenvalue weighted by molar-refractivity contribution is 6.01. The maximum Gasteiger partial charge on any atom is 0.258 e. The van der Waals surface area contributed by atoms with Crippen LogP contribution in [0.4, 0.5) is 0 Å². The molecule has 1 aliphatic heterocycles. The van der Waals surface area contributed by atoms with Crippen molar-refractivity contribution < 1.29 is 14.6 Å². The van der Waals surface area contributed by atoms with Crippen molar-refractivity contribution in [2.45, 2.75) is 51.5 Å². The Morgan fingerprint density at radius 3 is 2.68 bits per heavy atom. The van der Waals surface area contributed by atoms with E-state index in [4.69, 9.17) is 4.74 Å². The Morgan fingerprint density at radius 2 is 1.94 bits per heavy atom. The Balaban J connectivity index is 1.31. The predicted octanol–water partition coefficient (Wildman–Crippen LogP) is 4.51. The number of amides is 1. The Labute approximate surface area is 182 Å². The first-order chi connectivity index (χ1) is 15.1. The number of pyridine rings is 1. The number of aromatic nitrogens is 1. The minimum atomic E-state index is -0.453. The first-order valence-electron chi connectivity index (χ1n) is 10.9. The van der Waals surface area contributed by atoms with Gasteiger partial charge in [0.1, 0.15) is 11.9 Å². The Kier molecular flexibility index (Phi) is 5.20. The number of aliphatic hydroxyl groups is 1. The van der Waals surface area contributed by atoms with Gasteiger partial charge in [0.15, 0.2) is 0 Å². The lowest BCUT2D eigenvalue weighted by atomic mass is 10.0. The summed E-state index contributed by atoms with van der Waals surface area (Å²) in [6.07, 6.45) is 3.68. The van der Waals surface area contributed by atoms with Gasteiger partial charge < -0.3 is 14.7 Å². The van der Waals surface area contributed by atoms with Crippen LogP contribution < -0.4 is 4.74 Å². The molecule has 2 atom stereocenters. The number of rotatable bonds is 5. The number of carbonyl (C=O) groups is 1. The van der Waals surface area contributed by atoms with E-state index in [-0.39, 0.29) is 12.0 Å². The minimum Gasteiger partial charge on any atom is -0.487 e. The second kappa shape index (κ2) is 8.16. The molecule has 0 unspecified atom stereocenters. The third-order valence-corrected chi connectivity index (χ3v) is 6.23. The van der Waals surface area contributed by atoms with Crippen LogP contribution in [0.3, 0.4) is 0 Å². The number of hydrogen-bond donors (Lipinski definition) is 1. The van der Waals surface area contributed by atoms with E-state index in [0.717, 1.165) is 47.2 Å². The van der Waals surface area contributed by atoms with E-state index in [0.29, 0.717) is 24.4 Å². The molecule has 1 N–H and O–H groups in total. The molecule has 1 aliphatic carbocycles. The number of nitrogens with zero attached hydrogens (tertiary/aromatic N) is 2. The van der Waals surface area contributed by atoms with Crippen LogP contribution in [-0.2, 0) is 13.1 Å². The third-order valence-electron chi connectivity index (χ3n) is 6.23. The highest BCUT2D eigenvalue weighted by Crippen LogP contribution is 2.34. The van der Waals surface area contributed by atoms with Crippen molar-refractivity contribution >= 4 is 5.91 Å². The Morgan fingerprint density at radius 1 is 1.10 bits per heavy atom. The first kappa shape index (κ1) is 19.8. The number of aliphatic hydroxyl groups excluding tert-OH is 1. The fourth-order valence-electron chi connectivity index (χ4n) is 4.57. The second-order valence-electron chi connectivity index (χ2n) is 8.49. The zero-order valence-electron chi connectivity index (χ0n) is 17.6. The van der Waals surface area contributed by atoms with Gasteiger partial charge in [0.2, 0.25) is 0 Å². The fraction of sp³-hybridized carbons (Fsp3) is 0.308. The highest BCUT2D eigenvalue weighted by atomic mass is 16.5. The SMILES string of the molecule is Cc1cc(-c2ccc(CN3Cc4cccc(O[C@@H]5CCC[C@H]5O)c4C3=O)cc2)ccn1. The van der Waals surface area contributed by atoms with Crippen LogP contribution in [0.2, 0.25) is 0 Å². The molecule has 2 aromatic carbocycles. The number of fused-ring (bicyclic) bond motifs is 1. The van der Waals surface area contributed by atoms with Crippen molar-refractivity contribution in [3.05, 3.63) is 83.2 Å². The lowest BCUT2D eigenvalue weighted by Crippen LogP contribution is -2.27. The van der Waals surface area contributed by atoms with Crippen molar-refractivity contribution in [1.29, 1.82) is 0 Å². The number of hydrogen-bond acceptors (Lipinski definition) is 4. The summed E-state index contributed by atoms with van der Waals surface area (Å²) in [6.45, 7) is 3.11. The monoisotopic (exact) mass is 414 g/mol. The summed E-state index contributed by atoms with van der Waals surface area (Å²) in [5, 5.41) is 10.1. The molecule has 0 saturated heterocycles. The summed E-state index contributed by atoms with van der Waals surface area (Å²) in [4.78, 5) is 19.3. The number of benzene rings is 2. The molecule has 2 aliphatic rings. The number of ether oxygens (including phenoxy) is 1. The molecular formula is C26H26N2O3. The van der Waals surface area contributed by atoms with E-state index in [1.807, 2.05) is 42.3 Å². The van der Waals surface area contributed by atoms with E-state index in [9.17, 15) is 9.90 Å². The van der Waals surface area contributed by atoms with Gasteiger partial charge in [0.25, 0.3) is 5.91 Å². The van der Waals surface area contributed by atoms with Gasteiger partial charge in [-0.1, -0.05) is 36.4 Å². The molecule has 1 fully saturated rings. The van der Waals surface area contributed by atoms with Crippen LogP contribution >= 0.6 is 0 Å². The molecule has 5 nitrogen and oxygen atoms in total. The van der Waals surface area contributed by atoms with Crippen molar-refractivity contribution in [3.8, 4) is 16.9 Å². The molecule has 1 aromatic heterocycles. The van der Waals surface area contributed by atoms with Gasteiger partial charge in [-0.25, -0.2) is 0 Å². The largest absolute Gasteiger partial charge is 0.487 e. The zero-order valence-corrected chi connectivity index (χ0v) is 17.6. The molecule has 0 radical (unpaired) electrons. The average molecular weight is 415 g/mol. The quantitative estimate of drug-likeness (QED) is 0.668. The molecule has 158 valence electrons. The molecule has 31 heavy (non-hydrogen) atoms. The summed E-state index contributed by atoms with van der Waals surface area (Å²) in [6, 6.07) is 18.2. The molecule has 1 saturated carbocycles. The lowest BCUT2D eigenvalue weighted by Gasteiger charge is -2.19. The molecule has 5 heteroatoms. The van der Waals surface area contributed by atoms with E-state index < -0.39 is 6.10 Å². The minimum absolute atomic E-state index is 0.00748. The van der Waals surface area contributed by atoms with Crippen molar-refractivity contribution in [1.82, 2.24) is 9.88 Å². The molecule has 1 amide bonds. The maximum atomic E-state index is 13.2. The topological polar surface area (TPSA) is 62.7 Å². The average Bonchev–Trinajstić information content (AvgIpc) is 3.32. The van der Waals surface area contributed by atoms with Gasteiger partial charge in [0, 0.05) is 25.0 Å². The summed E-state index contributed by atoms with van der Waals surface area (Å²) in [5.74, 6) is 0.589. The van der Waals surface area contributed by atoms with Gasteiger partial charge in [-0.05, 0) is 66.6 Å². The Bertz CT molecular complexity index is 1110. The fourth-order valence-corrected chi connectivity index (χ4v) is 4.57. The van der Waals surface area contributed by atoms with Crippen LogP contribution in [-0.4, -0.2) is 33.1 Å². The normalized spacial score (nSPS) is 20.2. The third kappa shape index (κ3) is 3.93. The van der Waals surface area contributed by atoms with Crippen LogP contribution in [0.1, 0.15) is 46.4 Å². The zero-order chi connectivity index (χ0) is 21.4. The van der Waals surface area contributed by atoms with E-state index in [1.165, 1.54) is 0 Å². The molecule has 0 bridgehead atoms. The maximum absolute atomic E-state index is 13.2. The summed E-state index contributed by atoms with van der Waals surface area (Å²) in [7, 11) is 0. The second-order valence-corrected chi connectivity index (χ2v) is 8.49. The van der Waals surface area contributed by atoms with Crippen molar-refractivity contribution in [2.24, 2.45) is 0 Å². The Hall–Kier alpha value is -3.18. The lowest BCUT2D eigenvalue weighted by molar-refractivity contribution is 0.0582. The van der Waals surface area contributed by atoms with Crippen LogP contribution in [0.15, 0.2) is 60.8 Å². The standard InChI is InChI=1S/C26H26N2O3/c1-17-14-20(12-13-27-17)19-10-8-18(9-11-19)15-28-16-21-4-2-7-24(25(21)26(28)30)31-23-6-3-5-22(23)29/h2,4,7-14,22-23,29H,3,5-6,15-16H2,1H3/t22-,23-/m1/s1. The van der Waals surface area contributed by atoms with Crippen molar-refractivity contribution in [3.63, 3.8) is 0 Å². The highest BCUT2D eigenvalue weighted by Gasteiger charge is 2.33. The van der Waals surface area contributed by atoms with Crippen LogP contribution in [0.5, 0.6) is 5.75 Å². The van der Waals surface area contributed by atoms with E-state index in [1.54, 1.807) is 0 Å². The van der Waals surface area contributed by atoms with Gasteiger partial charge in [-0.3, -0.25) is 9.78 Å². The van der Waals surface area contributed by atoms with Crippen LogP contribution in [0, 0.1) is 6.92 Å². The molecular weight excluding hydrogens is 388 g/mol. The van der Waals surface area contributed by atoms with Crippen LogP contribution in [0.25, 0.3) is 11.1 Å². The van der Waals surface area contributed by atoms with Gasteiger partial charge in [-0.2, -0.15) is 0 Å². The van der Waals surface area contributed by atoms with Crippen molar-refractivity contribution in [2.75, 3.05) is 0 Å². The van der Waals surface area contributed by atoms with Gasteiger partial charge in [-0.15, -0.1) is 0 Å². The molecule has 5 rings (SSSR count). The summed E-state index contributed by atoms with van der Waals surface area (Å²) < 4.78 is 6.07. The van der Waals surface area contributed by atoms with Gasteiger partial charge >= 0.3 is 0 Å².